The zero-order valence-corrected chi connectivity index (χ0v) is 19.1. The Morgan fingerprint density at radius 1 is 1.03 bits per heavy atom. The molecular weight excluding hydrogens is 412 g/mol. The first-order valence-electron chi connectivity index (χ1n) is 10.1. The van der Waals surface area contributed by atoms with Crippen LogP contribution in [-0.2, 0) is 15.0 Å². The number of anilines is 2. The normalized spacial score (nSPS) is 12.3. The zero-order chi connectivity index (χ0) is 22.8. The van der Waals surface area contributed by atoms with E-state index in [1.807, 2.05) is 64.1 Å². The minimum Gasteiger partial charge on any atom is -0.325 e. The van der Waals surface area contributed by atoms with Gasteiger partial charge in [0.15, 0.2) is 0 Å². The van der Waals surface area contributed by atoms with Crippen LogP contribution in [0.3, 0.4) is 0 Å². The molecule has 0 spiro atoms. The largest absolute Gasteiger partial charge is 0.325 e. The Morgan fingerprint density at radius 3 is 2.29 bits per heavy atom. The van der Waals surface area contributed by atoms with Gasteiger partial charge in [-0.05, 0) is 64.4 Å². The molecule has 3 rings (SSSR count). The van der Waals surface area contributed by atoms with E-state index < -0.39 is 11.5 Å². The molecule has 0 aliphatic heterocycles. The van der Waals surface area contributed by atoms with Gasteiger partial charge in [0, 0.05) is 11.4 Å². The van der Waals surface area contributed by atoms with Gasteiger partial charge in [0.05, 0.1) is 21.8 Å². The van der Waals surface area contributed by atoms with Crippen LogP contribution in [0.2, 0.25) is 5.02 Å². The zero-order valence-electron chi connectivity index (χ0n) is 18.4. The summed E-state index contributed by atoms with van der Waals surface area (Å²) >= 11 is 6.39. The number of amides is 2. The maximum atomic E-state index is 12.9. The lowest BCUT2D eigenvalue weighted by atomic mass is 9.83. The van der Waals surface area contributed by atoms with Gasteiger partial charge >= 0.3 is 0 Å². The molecular formula is C24H27ClN4O2. The van der Waals surface area contributed by atoms with Crippen molar-refractivity contribution in [2.24, 2.45) is 0 Å². The molecule has 0 saturated carbocycles. The fourth-order valence-corrected chi connectivity index (χ4v) is 3.58. The Balaban J connectivity index is 1.70. The summed E-state index contributed by atoms with van der Waals surface area (Å²) in [6.07, 6.45) is 0. The second-order valence-corrected chi connectivity index (χ2v) is 8.58. The maximum Gasteiger partial charge on any atom is 0.248 e. The summed E-state index contributed by atoms with van der Waals surface area (Å²) in [5.41, 5.74) is 3.00. The molecule has 1 atom stereocenters. The average molecular weight is 439 g/mol. The second-order valence-electron chi connectivity index (χ2n) is 8.18. The monoisotopic (exact) mass is 438 g/mol. The van der Waals surface area contributed by atoms with Crippen LogP contribution >= 0.6 is 11.6 Å². The SMILES string of the molecule is Cc1cc(C)n([C@H](C)C(=O)Nc2ccc(NC(=O)C(C)(C)c3ccccc3)cc2Cl)n1. The molecule has 0 bridgehead atoms. The van der Waals surface area contributed by atoms with Gasteiger partial charge in [-0.1, -0.05) is 41.9 Å². The van der Waals surface area contributed by atoms with Crippen LogP contribution in [0.25, 0.3) is 0 Å². The summed E-state index contributed by atoms with van der Waals surface area (Å²) in [4.78, 5) is 25.5. The first-order chi connectivity index (χ1) is 14.6. The lowest BCUT2D eigenvalue weighted by molar-refractivity contribution is -0.120. The third-order valence-corrected chi connectivity index (χ3v) is 5.65. The van der Waals surface area contributed by atoms with E-state index in [0.717, 1.165) is 17.0 Å². The number of carbonyl (C=O) groups excluding carboxylic acids is 2. The number of hydrogen-bond acceptors (Lipinski definition) is 3. The minimum absolute atomic E-state index is 0.148. The molecule has 1 heterocycles. The summed E-state index contributed by atoms with van der Waals surface area (Å²) in [6, 6.07) is 16.0. The topological polar surface area (TPSA) is 76.0 Å². The Bertz CT molecular complexity index is 1110. The van der Waals surface area contributed by atoms with Crippen LogP contribution in [0.1, 0.15) is 43.8 Å². The van der Waals surface area contributed by atoms with E-state index in [-0.39, 0.29) is 11.8 Å². The maximum absolute atomic E-state index is 12.9. The van der Waals surface area contributed by atoms with Gasteiger partial charge in [0.1, 0.15) is 6.04 Å². The molecule has 7 heteroatoms. The summed E-state index contributed by atoms with van der Waals surface area (Å²) in [6.45, 7) is 9.31. The Labute approximate surface area is 187 Å². The molecule has 0 aliphatic carbocycles. The number of aromatic nitrogens is 2. The predicted molar refractivity (Wildman–Crippen MR) is 125 cm³/mol. The number of hydrogen-bond donors (Lipinski definition) is 2. The van der Waals surface area contributed by atoms with E-state index in [1.54, 1.807) is 29.8 Å². The molecule has 0 aliphatic rings. The first kappa shape index (κ1) is 22.6. The highest BCUT2D eigenvalue weighted by Gasteiger charge is 2.29. The number of carbonyl (C=O) groups is 2. The lowest BCUT2D eigenvalue weighted by Gasteiger charge is -2.24. The number of nitrogens with zero attached hydrogens (tertiary/aromatic N) is 2. The molecule has 31 heavy (non-hydrogen) atoms. The van der Waals surface area contributed by atoms with Crippen molar-refractivity contribution in [3.8, 4) is 0 Å². The quantitative estimate of drug-likeness (QED) is 0.550. The van der Waals surface area contributed by atoms with Gasteiger partial charge in [-0.3, -0.25) is 14.3 Å². The molecule has 6 nitrogen and oxygen atoms in total. The third kappa shape index (κ3) is 4.97. The summed E-state index contributed by atoms with van der Waals surface area (Å²) in [7, 11) is 0. The summed E-state index contributed by atoms with van der Waals surface area (Å²) < 4.78 is 1.68. The Kier molecular flexibility index (Phi) is 6.51. The Morgan fingerprint density at radius 2 is 1.71 bits per heavy atom. The van der Waals surface area contributed by atoms with Crippen molar-refractivity contribution in [3.63, 3.8) is 0 Å². The van der Waals surface area contributed by atoms with Crippen LogP contribution in [0, 0.1) is 13.8 Å². The molecule has 1 aromatic heterocycles. The molecule has 2 amide bonds. The molecule has 3 aromatic rings. The third-order valence-electron chi connectivity index (χ3n) is 5.34. The first-order valence-corrected chi connectivity index (χ1v) is 10.5. The fourth-order valence-electron chi connectivity index (χ4n) is 3.35. The molecule has 2 N–H and O–H groups in total. The van der Waals surface area contributed by atoms with Gasteiger partial charge in [-0.15, -0.1) is 0 Å². The minimum atomic E-state index is -0.712. The van der Waals surface area contributed by atoms with Gasteiger partial charge in [0.2, 0.25) is 11.8 Å². The number of halogens is 1. The highest BCUT2D eigenvalue weighted by molar-refractivity contribution is 6.34. The Hall–Kier alpha value is -3.12. The van der Waals surface area contributed by atoms with E-state index in [4.69, 9.17) is 11.6 Å². The van der Waals surface area contributed by atoms with Crippen molar-refractivity contribution in [2.75, 3.05) is 10.6 Å². The lowest BCUT2D eigenvalue weighted by Crippen LogP contribution is -2.34. The summed E-state index contributed by atoms with van der Waals surface area (Å²) in [5, 5.41) is 10.5. The fraction of sp³-hybridized carbons (Fsp3) is 0.292. The second kappa shape index (κ2) is 8.94. The van der Waals surface area contributed by atoms with Crippen molar-refractivity contribution in [1.29, 1.82) is 0 Å². The van der Waals surface area contributed by atoms with Crippen LogP contribution in [0.4, 0.5) is 11.4 Å². The van der Waals surface area contributed by atoms with Crippen LogP contribution in [-0.4, -0.2) is 21.6 Å². The molecule has 162 valence electrons. The average Bonchev–Trinajstić information content (AvgIpc) is 3.07. The number of benzene rings is 2. The molecule has 2 aromatic carbocycles. The van der Waals surface area contributed by atoms with Crippen molar-refractivity contribution in [2.45, 2.75) is 46.1 Å². The van der Waals surface area contributed by atoms with Crippen molar-refractivity contribution in [3.05, 3.63) is 76.6 Å². The smallest absolute Gasteiger partial charge is 0.248 e. The molecule has 0 unspecified atom stereocenters. The van der Waals surface area contributed by atoms with E-state index >= 15 is 0 Å². The van der Waals surface area contributed by atoms with E-state index in [2.05, 4.69) is 15.7 Å². The molecule has 0 saturated heterocycles. The van der Waals surface area contributed by atoms with Crippen LogP contribution in [0.15, 0.2) is 54.6 Å². The number of nitrogens with one attached hydrogen (secondary N) is 2. The van der Waals surface area contributed by atoms with Crippen LogP contribution < -0.4 is 10.6 Å². The van der Waals surface area contributed by atoms with Crippen molar-refractivity contribution < 1.29 is 9.59 Å². The van der Waals surface area contributed by atoms with Crippen molar-refractivity contribution in [1.82, 2.24) is 9.78 Å². The molecule has 0 radical (unpaired) electrons. The standard InChI is InChI=1S/C24H27ClN4O2/c1-15-13-16(2)29(28-15)17(3)22(30)27-21-12-11-19(14-20(21)25)26-23(31)24(4,5)18-9-7-6-8-10-18/h6-14,17H,1-5H3,(H,26,31)(H,27,30)/t17-/m1/s1. The van der Waals surface area contributed by atoms with E-state index in [9.17, 15) is 9.59 Å². The van der Waals surface area contributed by atoms with Crippen LogP contribution in [0.5, 0.6) is 0 Å². The highest BCUT2D eigenvalue weighted by atomic mass is 35.5. The molecule has 0 fully saturated rings. The van der Waals surface area contributed by atoms with Gasteiger partial charge in [-0.25, -0.2) is 0 Å². The number of aryl methyl sites for hydroxylation is 2. The predicted octanol–water partition coefficient (Wildman–Crippen LogP) is 5.27. The van der Waals surface area contributed by atoms with Gasteiger partial charge in [0.25, 0.3) is 0 Å². The summed E-state index contributed by atoms with van der Waals surface area (Å²) in [5.74, 6) is -0.375. The van der Waals surface area contributed by atoms with E-state index in [1.165, 1.54) is 0 Å². The number of rotatable bonds is 6. The van der Waals surface area contributed by atoms with E-state index in [0.29, 0.717) is 16.4 Å². The van der Waals surface area contributed by atoms with Gasteiger partial charge in [-0.2, -0.15) is 5.10 Å². The van der Waals surface area contributed by atoms with Crippen molar-refractivity contribution >= 4 is 34.8 Å². The highest BCUT2D eigenvalue weighted by Crippen LogP contribution is 2.29. The van der Waals surface area contributed by atoms with Gasteiger partial charge < -0.3 is 10.6 Å².